The third kappa shape index (κ3) is 2.82. The molecular formula is C12H14BrN3O2S. The van der Waals surface area contributed by atoms with Crippen molar-refractivity contribution < 1.29 is 8.42 Å². The Hall–Kier alpha value is -1.34. The van der Waals surface area contributed by atoms with Crippen LogP contribution in [0.25, 0.3) is 0 Å². The van der Waals surface area contributed by atoms with E-state index in [1.165, 1.54) is 10.9 Å². The lowest BCUT2D eigenvalue weighted by Crippen LogP contribution is -2.14. The van der Waals surface area contributed by atoms with Crippen LogP contribution < -0.4 is 4.72 Å². The van der Waals surface area contributed by atoms with Gasteiger partial charge in [0.15, 0.2) is 0 Å². The Kier molecular flexibility index (Phi) is 3.69. The van der Waals surface area contributed by atoms with Gasteiger partial charge in [0, 0.05) is 11.5 Å². The highest BCUT2D eigenvalue weighted by atomic mass is 79.9. The summed E-state index contributed by atoms with van der Waals surface area (Å²) in [5.41, 5.74) is 2.01. The molecule has 1 N–H and O–H groups in total. The van der Waals surface area contributed by atoms with Crippen molar-refractivity contribution in [3.05, 3.63) is 40.1 Å². The SMILES string of the molecule is Cc1cc(Br)ccc1NS(=O)(=O)c1cnn(C)c1C. The average molecular weight is 344 g/mol. The van der Waals surface area contributed by atoms with E-state index in [2.05, 4.69) is 25.8 Å². The summed E-state index contributed by atoms with van der Waals surface area (Å²) in [5.74, 6) is 0. The van der Waals surface area contributed by atoms with Crippen LogP contribution in [0.3, 0.4) is 0 Å². The second kappa shape index (κ2) is 4.97. The van der Waals surface area contributed by atoms with E-state index in [9.17, 15) is 8.42 Å². The van der Waals surface area contributed by atoms with Gasteiger partial charge in [-0.15, -0.1) is 0 Å². The first-order chi connectivity index (χ1) is 8.81. The Bertz CT molecular complexity index is 723. The van der Waals surface area contributed by atoms with Gasteiger partial charge in [-0.1, -0.05) is 15.9 Å². The number of halogens is 1. The van der Waals surface area contributed by atoms with E-state index in [4.69, 9.17) is 0 Å². The van der Waals surface area contributed by atoms with Crippen LogP contribution in [0.4, 0.5) is 5.69 Å². The van der Waals surface area contributed by atoms with Crippen LogP contribution in [0.2, 0.25) is 0 Å². The highest BCUT2D eigenvalue weighted by Crippen LogP contribution is 2.24. The molecule has 5 nitrogen and oxygen atoms in total. The predicted octanol–water partition coefficient (Wildman–Crippen LogP) is 2.60. The Morgan fingerprint density at radius 3 is 2.53 bits per heavy atom. The number of aromatic nitrogens is 2. The number of aryl methyl sites for hydroxylation is 2. The number of nitrogens with one attached hydrogen (secondary N) is 1. The van der Waals surface area contributed by atoms with Gasteiger partial charge < -0.3 is 0 Å². The molecule has 0 fully saturated rings. The molecule has 1 aromatic heterocycles. The maximum absolute atomic E-state index is 12.3. The minimum atomic E-state index is -3.61. The molecule has 0 radical (unpaired) electrons. The number of sulfonamides is 1. The minimum absolute atomic E-state index is 0.192. The average Bonchev–Trinajstić information content (AvgIpc) is 2.64. The first-order valence-electron chi connectivity index (χ1n) is 5.59. The van der Waals surface area contributed by atoms with Crippen molar-refractivity contribution in [1.29, 1.82) is 0 Å². The number of hydrogen-bond acceptors (Lipinski definition) is 3. The molecule has 0 spiro atoms. The Morgan fingerprint density at radius 2 is 2.00 bits per heavy atom. The fourth-order valence-corrected chi connectivity index (χ4v) is 3.49. The molecule has 0 saturated carbocycles. The molecule has 7 heteroatoms. The van der Waals surface area contributed by atoms with Crippen LogP contribution in [0, 0.1) is 13.8 Å². The van der Waals surface area contributed by atoms with Gasteiger partial charge in [-0.25, -0.2) is 8.42 Å². The van der Waals surface area contributed by atoms with Gasteiger partial charge >= 0.3 is 0 Å². The zero-order valence-electron chi connectivity index (χ0n) is 10.8. The molecule has 2 aromatic rings. The van der Waals surface area contributed by atoms with Gasteiger partial charge in [-0.2, -0.15) is 5.10 Å². The second-order valence-corrected chi connectivity index (χ2v) is 6.85. The lowest BCUT2D eigenvalue weighted by molar-refractivity contribution is 0.600. The van der Waals surface area contributed by atoms with Crippen LogP contribution >= 0.6 is 15.9 Å². The monoisotopic (exact) mass is 343 g/mol. The maximum atomic E-state index is 12.3. The molecular weight excluding hydrogens is 330 g/mol. The highest BCUT2D eigenvalue weighted by Gasteiger charge is 2.20. The Labute approximate surface area is 120 Å². The molecule has 1 heterocycles. The molecule has 0 amide bonds. The van der Waals surface area contributed by atoms with E-state index in [1.807, 2.05) is 13.0 Å². The van der Waals surface area contributed by atoms with Crippen LogP contribution in [0.1, 0.15) is 11.3 Å². The first kappa shape index (κ1) is 14.1. The zero-order valence-corrected chi connectivity index (χ0v) is 13.2. The minimum Gasteiger partial charge on any atom is -0.279 e. The van der Waals surface area contributed by atoms with Gasteiger partial charge in [0.25, 0.3) is 10.0 Å². The maximum Gasteiger partial charge on any atom is 0.265 e. The van der Waals surface area contributed by atoms with E-state index in [0.717, 1.165) is 10.0 Å². The summed E-state index contributed by atoms with van der Waals surface area (Å²) >= 11 is 3.35. The van der Waals surface area contributed by atoms with Crippen molar-refractivity contribution in [3.8, 4) is 0 Å². The van der Waals surface area contributed by atoms with Gasteiger partial charge in [0.1, 0.15) is 4.90 Å². The molecule has 1 aromatic carbocycles. The third-order valence-electron chi connectivity index (χ3n) is 2.91. The fourth-order valence-electron chi connectivity index (χ4n) is 1.68. The van der Waals surface area contributed by atoms with Gasteiger partial charge in [0.2, 0.25) is 0 Å². The lowest BCUT2D eigenvalue weighted by Gasteiger charge is -2.10. The molecule has 19 heavy (non-hydrogen) atoms. The molecule has 0 aliphatic carbocycles. The highest BCUT2D eigenvalue weighted by molar-refractivity contribution is 9.10. The largest absolute Gasteiger partial charge is 0.279 e. The molecule has 0 unspecified atom stereocenters. The van der Waals surface area contributed by atoms with Crippen LogP contribution in [0.15, 0.2) is 33.8 Å². The van der Waals surface area contributed by atoms with E-state index in [-0.39, 0.29) is 4.90 Å². The molecule has 0 aliphatic heterocycles. The second-order valence-electron chi connectivity index (χ2n) is 4.28. The van der Waals surface area contributed by atoms with Crippen LogP contribution in [-0.4, -0.2) is 18.2 Å². The van der Waals surface area contributed by atoms with Crippen LogP contribution in [-0.2, 0) is 17.1 Å². The summed E-state index contributed by atoms with van der Waals surface area (Å²) in [5, 5.41) is 3.95. The van der Waals surface area contributed by atoms with Crippen molar-refractivity contribution in [3.63, 3.8) is 0 Å². The van der Waals surface area contributed by atoms with E-state index in [1.54, 1.807) is 26.1 Å². The molecule has 102 valence electrons. The summed E-state index contributed by atoms with van der Waals surface area (Å²) in [7, 11) is -1.90. The first-order valence-corrected chi connectivity index (χ1v) is 7.86. The van der Waals surface area contributed by atoms with Gasteiger partial charge in [-0.3, -0.25) is 9.40 Å². The van der Waals surface area contributed by atoms with Crippen molar-refractivity contribution in [2.75, 3.05) is 4.72 Å². The van der Waals surface area contributed by atoms with Crippen molar-refractivity contribution >= 4 is 31.6 Å². The third-order valence-corrected chi connectivity index (χ3v) is 4.87. The quantitative estimate of drug-likeness (QED) is 0.931. The van der Waals surface area contributed by atoms with Gasteiger partial charge in [-0.05, 0) is 37.6 Å². The topological polar surface area (TPSA) is 64.0 Å². The zero-order chi connectivity index (χ0) is 14.2. The fraction of sp³-hybridized carbons (Fsp3) is 0.250. The number of nitrogens with zero attached hydrogens (tertiary/aromatic N) is 2. The molecule has 0 aliphatic rings. The van der Waals surface area contributed by atoms with Crippen molar-refractivity contribution in [2.24, 2.45) is 7.05 Å². The number of anilines is 1. The van der Waals surface area contributed by atoms with Crippen molar-refractivity contribution in [2.45, 2.75) is 18.7 Å². The summed E-state index contributed by atoms with van der Waals surface area (Å²) < 4.78 is 29.6. The Balaban J connectivity index is 2.39. The molecule has 0 bridgehead atoms. The summed E-state index contributed by atoms with van der Waals surface area (Å²) in [6, 6.07) is 5.37. The smallest absolute Gasteiger partial charge is 0.265 e. The summed E-state index contributed by atoms with van der Waals surface area (Å²) in [6.07, 6.45) is 1.35. The number of hydrogen-bond donors (Lipinski definition) is 1. The molecule has 2 rings (SSSR count). The predicted molar refractivity (Wildman–Crippen MR) is 77.6 cm³/mol. The molecule has 0 atom stereocenters. The van der Waals surface area contributed by atoms with Gasteiger partial charge in [0.05, 0.1) is 17.6 Å². The van der Waals surface area contributed by atoms with Crippen molar-refractivity contribution in [1.82, 2.24) is 9.78 Å². The lowest BCUT2D eigenvalue weighted by atomic mass is 10.2. The van der Waals surface area contributed by atoms with Crippen LogP contribution in [0.5, 0.6) is 0 Å². The standard InChI is InChI=1S/C12H14BrN3O2S/c1-8-6-10(13)4-5-11(8)15-19(17,18)12-7-14-16(3)9(12)2/h4-7,15H,1-3H3. The summed E-state index contributed by atoms with van der Waals surface area (Å²) in [6.45, 7) is 3.56. The summed E-state index contributed by atoms with van der Waals surface area (Å²) in [4.78, 5) is 0.192. The van der Waals surface area contributed by atoms with E-state index < -0.39 is 10.0 Å². The normalized spacial score (nSPS) is 11.6. The van der Waals surface area contributed by atoms with E-state index >= 15 is 0 Å². The Morgan fingerprint density at radius 1 is 1.32 bits per heavy atom. The number of benzene rings is 1. The number of rotatable bonds is 3. The molecule has 0 saturated heterocycles. The van der Waals surface area contributed by atoms with E-state index in [0.29, 0.717) is 11.4 Å².